The topological polar surface area (TPSA) is 120 Å². The van der Waals surface area contributed by atoms with Crippen molar-refractivity contribution in [3.05, 3.63) is 36.4 Å². The maximum Gasteiger partial charge on any atom is 0.256 e. The van der Waals surface area contributed by atoms with E-state index in [1.54, 1.807) is 24.7 Å². The maximum atomic E-state index is 5.39. The summed E-state index contributed by atoms with van der Waals surface area (Å²) in [6.07, 6.45) is 5.05. The zero-order valence-electron chi connectivity index (χ0n) is 11.0. The van der Waals surface area contributed by atoms with E-state index >= 15 is 0 Å². The summed E-state index contributed by atoms with van der Waals surface area (Å²) in [6.45, 7) is 1.89. The minimum atomic E-state index is 0.241. The number of hydrogen-bond donors (Lipinski definition) is 2. The van der Waals surface area contributed by atoms with E-state index < -0.39 is 0 Å². The van der Waals surface area contributed by atoms with Crippen molar-refractivity contribution in [1.82, 2.24) is 34.7 Å². The lowest BCUT2D eigenvalue weighted by Crippen LogP contribution is -2.14. The number of aromatic nitrogens is 7. The second-order valence-electron chi connectivity index (χ2n) is 3.92. The van der Waals surface area contributed by atoms with Gasteiger partial charge in [-0.3, -0.25) is 5.43 Å². The molecule has 0 saturated heterocycles. The highest BCUT2D eigenvalue weighted by Crippen LogP contribution is 2.22. The van der Waals surface area contributed by atoms with Gasteiger partial charge in [-0.25, -0.2) is 20.5 Å². The van der Waals surface area contributed by atoms with Crippen molar-refractivity contribution in [2.75, 3.05) is 5.43 Å². The summed E-state index contributed by atoms with van der Waals surface area (Å²) in [4.78, 5) is 21.1. The second-order valence-corrected chi connectivity index (χ2v) is 4.85. The summed E-state index contributed by atoms with van der Waals surface area (Å²) >= 11 is 1.22. The van der Waals surface area contributed by atoms with Crippen LogP contribution in [0.4, 0.5) is 5.95 Å². The van der Waals surface area contributed by atoms with Gasteiger partial charge in [0.05, 0.1) is 0 Å². The lowest BCUT2D eigenvalue weighted by Gasteiger charge is -2.05. The Morgan fingerprint density at radius 2 is 2.05 bits per heavy atom. The molecule has 0 fully saturated rings. The van der Waals surface area contributed by atoms with E-state index in [1.807, 2.05) is 13.0 Å². The van der Waals surface area contributed by atoms with Gasteiger partial charge in [0.1, 0.15) is 0 Å². The number of rotatable bonds is 4. The smallest absolute Gasteiger partial charge is 0.256 e. The highest BCUT2D eigenvalue weighted by molar-refractivity contribution is 7.99. The first-order valence-corrected chi connectivity index (χ1v) is 6.76. The van der Waals surface area contributed by atoms with E-state index in [1.165, 1.54) is 16.4 Å². The fourth-order valence-corrected chi connectivity index (χ4v) is 2.23. The van der Waals surface area contributed by atoms with Crippen LogP contribution in [0.5, 0.6) is 0 Å². The minimum absolute atomic E-state index is 0.241. The number of hydrogen-bond acceptors (Lipinski definition) is 9. The predicted octanol–water partition coefficient (Wildman–Crippen LogP) is 0.593. The van der Waals surface area contributed by atoms with Gasteiger partial charge < -0.3 is 0 Å². The van der Waals surface area contributed by atoms with Crippen molar-refractivity contribution in [2.45, 2.75) is 17.2 Å². The van der Waals surface area contributed by atoms with Crippen LogP contribution in [-0.2, 0) is 0 Å². The average Bonchev–Trinajstić information content (AvgIpc) is 3.01. The number of aryl methyl sites for hydroxylation is 1. The van der Waals surface area contributed by atoms with Crippen LogP contribution in [0.1, 0.15) is 5.69 Å². The van der Waals surface area contributed by atoms with Gasteiger partial charge in [-0.1, -0.05) is 0 Å². The molecule has 3 aromatic heterocycles. The molecule has 10 heteroatoms. The summed E-state index contributed by atoms with van der Waals surface area (Å²) in [5, 5.41) is 5.06. The largest absolute Gasteiger partial charge is 0.292 e. The molecule has 3 N–H and O–H groups in total. The molecule has 0 aliphatic rings. The van der Waals surface area contributed by atoms with Gasteiger partial charge in [-0.15, -0.1) is 0 Å². The van der Waals surface area contributed by atoms with E-state index in [0.717, 1.165) is 5.69 Å². The number of nitrogen functional groups attached to an aromatic ring is 1. The average molecular weight is 301 g/mol. The number of nitrogens with two attached hydrogens (primary N) is 1. The van der Waals surface area contributed by atoms with Crippen LogP contribution in [0.2, 0.25) is 0 Å². The Morgan fingerprint density at radius 1 is 1.14 bits per heavy atom. The molecule has 106 valence electrons. The van der Waals surface area contributed by atoms with Gasteiger partial charge in [-0.05, 0) is 30.8 Å². The monoisotopic (exact) mass is 301 g/mol. The first-order valence-electron chi connectivity index (χ1n) is 5.95. The molecule has 0 radical (unpaired) electrons. The lowest BCUT2D eigenvalue weighted by molar-refractivity contribution is 0.759. The molecule has 0 spiro atoms. The van der Waals surface area contributed by atoms with Crippen LogP contribution in [0, 0.1) is 6.92 Å². The van der Waals surface area contributed by atoms with E-state index in [9.17, 15) is 0 Å². The molecule has 0 aromatic carbocycles. The lowest BCUT2D eigenvalue weighted by atomic mass is 10.5. The molecule has 0 saturated carbocycles. The fraction of sp³-hybridized carbons (Fsp3) is 0.0909. The number of anilines is 1. The summed E-state index contributed by atoms with van der Waals surface area (Å²) in [5.74, 6) is 5.99. The zero-order chi connectivity index (χ0) is 14.7. The van der Waals surface area contributed by atoms with Crippen molar-refractivity contribution in [3.8, 4) is 5.95 Å². The highest BCUT2D eigenvalue weighted by atomic mass is 32.2. The molecular weight excluding hydrogens is 290 g/mol. The van der Waals surface area contributed by atoms with E-state index in [-0.39, 0.29) is 5.95 Å². The molecule has 0 bridgehead atoms. The normalized spacial score (nSPS) is 10.6. The molecule has 9 nitrogen and oxygen atoms in total. The summed E-state index contributed by atoms with van der Waals surface area (Å²) in [6, 6.07) is 3.59. The fourth-order valence-electron chi connectivity index (χ4n) is 1.50. The number of nitrogens with one attached hydrogen (secondary N) is 1. The third kappa shape index (κ3) is 3.12. The van der Waals surface area contributed by atoms with E-state index in [0.29, 0.717) is 16.3 Å². The van der Waals surface area contributed by atoms with Gasteiger partial charge in [0.15, 0.2) is 5.16 Å². The molecule has 0 unspecified atom stereocenters. The van der Waals surface area contributed by atoms with Crippen molar-refractivity contribution < 1.29 is 0 Å². The van der Waals surface area contributed by atoms with Crippen LogP contribution < -0.4 is 11.3 Å². The molecule has 0 amide bonds. The third-order valence-corrected chi connectivity index (χ3v) is 3.14. The third-order valence-electron chi connectivity index (χ3n) is 2.40. The summed E-state index contributed by atoms with van der Waals surface area (Å²) < 4.78 is 1.52. The summed E-state index contributed by atoms with van der Waals surface area (Å²) in [7, 11) is 0. The van der Waals surface area contributed by atoms with Crippen LogP contribution >= 0.6 is 11.8 Å². The highest BCUT2D eigenvalue weighted by Gasteiger charge is 2.10. The van der Waals surface area contributed by atoms with Crippen LogP contribution in [-0.4, -0.2) is 34.7 Å². The molecule has 3 aromatic rings. The van der Waals surface area contributed by atoms with Crippen LogP contribution in [0.15, 0.2) is 41.0 Å². The van der Waals surface area contributed by atoms with Gasteiger partial charge in [-0.2, -0.15) is 20.1 Å². The molecular formula is C11H11N9S. The Bertz CT molecular complexity index is 743. The van der Waals surface area contributed by atoms with Crippen molar-refractivity contribution in [1.29, 1.82) is 0 Å². The second kappa shape index (κ2) is 5.81. The quantitative estimate of drug-likeness (QED) is 0.405. The van der Waals surface area contributed by atoms with Crippen LogP contribution in [0.3, 0.4) is 0 Å². The molecule has 0 aliphatic heterocycles. The Morgan fingerprint density at radius 3 is 2.76 bits per heavy atom. The Kier molecular flexibility index (Phi) is 3.71. The molecule has 0 atom stereocenters. The van der Waals surface area contributed by atoms with Crippen molar-refractivity contribution in [2.24, 2.45) is 5.84 Å². The SMILES string of the molecule is Cc1ccnc(Sc2nc(NN)nc(-n3cccn3)n2)n1. The zero-order valence-corrected chi connectivity index (χ0v) is 11.8. The molecule has 21 heavy (non-hydrogen) atoms. The predicted molar refractivity (Wildman–Crippen MR) is 75.7 cm³/mol. The molecule has 3 rings (SSSR count). The minimum Gasteiger partial charge on any atom is -0.292 e. The van der Waals surface area contributed by atoms with Gasteiger partial charge >= 0.3 is 0 Å². The first-order chi connectivity index (χ1) is 10.2. The number of nitrogens with zero attached hydrogens (tertiary/aromatic N) is 7. The van der Waals surface area contributed by atoms with Gasteiger partial charge in [0, 0.05) is 24.3 Å². The molecule has 0 aliphatic carbocycles. The van der Waals surface area contributed by atoms with E-state index in [2.05, 4.69) is 35.4 Å². The van der Waals surface area contributed by atoms with Crippen LogP contribution in [0.25, 0.3) is 5.95 Å². The summed E-state index contributed by atoms with van der Waals surface area (Å²) in [5.41, 5.74) is 3.28. The Balaban J connectivity index is 1.96. The van der Waals surface area contributed by atoms with Crippen molar-refractivity contribution >= 4 is 17.7 Å². The van der Waals surface area contributed by atoms with Gasteiger partial charge in [0.2, 0.25) is 11.1 Å². The Labute approximate surface area is 124 Å². The van der Waals surface area contributed by atoms with Crippen molar-refractivity contribution in [3.63, 3.8) is 0 Å². The standard InChI is InChI=1S/C11H11N9S/c1-7-3-5-13-10(15-7)21-11-17-8(19-12)16-9(18-11)20-6-2-4-14-20/h2-6H,12H2,1H3,(H,16,17,18,19). The number of hydrazine groups is 1. The first kappa shape index (κ1) is 13.4. The van der Waals surface area contributed by atoms with E-state index in [4.69, 9.17) is 5.84 Å². The van der Waals surface area contributed by atoms with Gasteiger partial charge in [0.25, 0.3) is 5.95 Å². The molecule has 3 heterocycles. The Hall–Kier alpha value is -2.59. The maximum absolute atomic E-state index is 5.39.